The van der Waals surface area contributed by atoms with Crippen LogP contribution in [0.2, 0.25) is 0 Å². The Bertz CT molecular complexity index is 777. The average molecular weight is 459 g/mol. The fraction of sp³-hybridized carbons (Fsp3) is 0.967. The van der Waals surface area contributed by atoms with Crippen molar-refractivity contribution in [2.45, 2.75) is 130 Å². The Morgan fingerprint density at radius 3 is 2.39 bits per heavy atom. The summed E-state index contributed by atoms with van der Waals surface area (Å²) in [6.45, 7) is 16.3. The number of esters is 1. The van der Waals surface area contributed by atoms with Gasteiger partial charge in [0.05, 0.1) is 0 Å². The minimum absolute atomic E-state index is 0.191. The highest BCUT2D eigenvalue weighted by Crippen LogP contribution is 2.73. The molecule has 0 radical (unpaired) electrons. The van der Waals surface area contributed by atoms with E-state index in [1.165, 1.54) is 64.7 Å². The summed E-state index contributed by atoms with van der Waals surface area (Å²) in [6.07, 6.45) is 14.6. The van der Waals surface area contributed by atoms with Crippen LogP contribution < -0.4 is 0 Å². The second-order valence-electron chi connectivity index (χ2n) is 14.2. The third-order valence-corrected chi connectivity index (χ3v) is 12.0. The topological polar surface area (TPSA) is 38.8 Å². The van der Waals surface area contributed by atoms with Crippen LogP contribution in [0.3, 0.4) is 0 Å². The summed E-state index contributed by atoms with van der Waals surface area (Å²) in [6, 6.07) is 0. The molecule has 5 fully saturated rings. The third kappa shape index (κ3) is 3.64. The smallest absolute Gasteiger partial charge is 0.305 e. The van der Waals surface area contributed by atoms with Gasteiger partial charge in [-0.15, -0.1) is 0 Å². The molecule has 0 aromatic heterocycles. The van der Waals surface area contributed by atoms with E-state index in [2.05, 4.69) is 41.5 Å². The van der Waals surface area contributed by atoms with Crippen molar-refractivity contribution in [1.82, 2.24) is 0 Å². The van der Waals surface area contributed by atoms with Crippen LogP contribution in [0.25, 0.3) is 0 Å². The Kier molecular flexibility index (Phi) is 5.83. The van der Waals surface area contributed by atoms with Gasteiger partial charge in [0, 0.05) is 13.3 Å². The van der Waals surface area contributed by atoms with Gasteiger partial charge in [-0.2, -0.15) is 0 Å². The van der Waals surface area contributed by atoms with E-state index < -0.39 is 5.79 Å². The molecule has 10 atom stereocenters. The van der Waals surface area contributed by atoms with E-state index >= 15 is 0 Å². The molecule has 1 aliphatic heterocycles. The molecule has 3 nitrogen and oxygen atoms in total. The first-order chi connectivity index (χ1) is 15.4. The van der Waals surface area contributed by atoms with Gasteiger partial charge in [0.1, 0.15) is 5.60 Å². The third-order valence-electron chi connectivity index (χ3n) is 12.0. The summed E-state index contributed by atoms with van der Waals surface area (Å²) >= 11 is 0. The molecule has 1 saturated heterocycles. The molecule has 0 unspecified atom stereocenters. The van der Waals surface area contributed by atoms with Crippen molar-refractivity contribution in [2.75, 3.05) is 0 Å². The molecule has 3 heteroatoms. The molecule has 0 spiro atoms. The van der Waals surface area contributed by atoms with E-state index in [-0.39, 0.29) is 11.6 Å². The molecule has 5 rings (SSSR count). The highest BCUT2D eigenvalue weighted by Gasteiger charge is 2.77. The van der Waals surface area contributed by atoms with Gasteiger partial charge in [-0.25, -0.2) is 0 Å². The van der Waals surface area contributed by atoms with Crippen LogP contribution in [0.15, 0.2) is 0 Å². The summed E-state index contributed by atoms with van der Waals surface area (Å²) in [5, 5.41) is 0. The van der Waals surface area contributed by atoms with E-state index in [1.54, 1.807) is 0 Å². The lowest BCUT2D eigenvalue weighted by Crippen LogP contribution is -2.56. The molecule has 188 valence electrons. The van der Waals surface area contributed by atoms with Crippen molar-refractivity contribution in [3.8, 4) is 0 Å². The molecule has 5 aliphatic rings. The molecule has 0 N–H and O–H groups in total. The molecule has 0 amide bonds. The summed E-state index contributed by atoms with van der Waals surface area (Å²) in [5.74, 6) is 5.08. The zero-order valence-corrected chi connectivity index (χ0v) is 22.5. The molecular formula is C30H50O3. The molecular weight excluding hydrogens is 408 g/mol. The van der Waals surface area contributed by atoms with E-state index in [0.717, 1.165) is 48.3 Å². The first-order valence-electron chi connectivity index (χ1n) is 14.3. The number of fused-ring (bicyclic) bond motifs is 6. The number of carbonyl (C=O) groups is 1. The van der Waals surface area contributed by atoms with Crippen molar-refractivity contribution in [1.29, 1.82) is 0 Å². The number of epoxide rings is 1. The molecule has 1 heterocycles. The van der Waals surface area contributed by atoms with Crippen LogP contribution in [-0.2, 0) is 14.3 Å². The van der Waals surface area contributed by atoms with Crippen LogP contribution in [0.5, 0.6) is 0 Å². The number of hydrogen-bond acceptors (Lipinski definition) is 3. The lowest BCUT2D eigenvalue weighted by molar-refractivity contribution is -0.170. The zero-order valence-electron chi connectivity index (χ0n) is 22.5. The maximum absolute atomic E-state index is 11.8. The van der Waals surface area contributed by atoms with Gasteiger partial charge in [0.25, 0.3) is 0 Å². The monoisotopic (exact) mass is 458 g/mol. The molecule has 4 saturated carbocycles. The van der Waals surface area contributed by atoms with Crippen molar-refractivity contribution < 1.29 is 14.3 Å². The first-order valence-corrected chi connectivity index (χ1v) is 14.3. The van der Waals surface area contributed by atoms with Crippen molar-refractivity contribution >= 4 is 5.97 Å². The zero-order chi connectivity index (χ0) is 23.8. The van der Waals surface area contributed by atoms with E-state index in [4.69, 9.17) is 9.47 Å². The Labute approximate surface area is 203 Å². The number of ether oxygens (including phenoxy) is 2. The summed E-state index contributed by atoms with van der Waals surface area (Å²) in [7, 11) is 0. The predicted octanol–water partition coefficient (Wildman–Crippen LogP) is 7.77. The Hall–Kier alpha value is -0.570. The summed E-state index contributed by atoms with van der Waals surface area (Å²) < 4.78 is 12.1. The van der Waals surface area contributed by atoms with Gasteiger partial charge >= 0.3 is 5.97 Å². The summed E-state index contributed by atoms with van der Waals surface area (Å²) in [4.78, 5) is 11.8. The van der Waals surface area contributed by atoms with E-state index in [1.807, 2.05) is 0 Å². The highest BCUT2D eigenvalue weighted by molar-refractivity contribution is 5.67. The van der Waals surface area contributed by atoms with Gasteiger partial charge in [0.2, 0.25) is 5.79 Å². The molecule has 0 aromatic carbocycles. The van der Waals surface area contributed by atoms with E-state index in [9.17, 15) is 4.79 Å². The Morgan fingerprint density at radius 2 is 1.70 bits per heavy atom. The quantitative estimate of drug-likeness (QED) is 0.301. The largest absolute Gasteiger partial charge is 0.430 e. The lowest BCUT2D eigenvalue weighted by Gasteiger charge is -2.61. The Balaban J connectivity index is 1.31. The lowest BCUT2D eigenvalue weighted by atomic mass is 9.43. The normalized spacial score (nSPS) is 51.2. The molecule has 4 aliphatic carbocycles. The second kappa shape index (κ2) is 7.97. The van der Waals surface area contributed by atoms with Crippen molar-refractivity contribution in [3.63, 3.8) is 0 Å². The predicted molar refractivity (Wildman–Crippen MR) is 132 cm³/mol. The average Bonchev–Trinajstić information content (AvgIpc) is 3.09. The van der Waals surface area contributed by atoms with Gasteiger partial charge in [-0.1, -0.05) is 53.9 Å². The van der Waals surface area contributed by atoms with Crippen LogP contribution in [-0.4, -0.2) is 17.4 Å². The first kappa shape index (κ1) is 24.1. The van der Waals surface area contributed by atoms with Crippen LogP contribution in [0, 0.1) is 52.3 Å². The van der Waals surface area contributed by atoms with Gasteiger partial charge in [0.15, 0.2) is 0 Å². The maximum atomic E-state index is 11.8. The Morgan fingerprint density at radius 1 is 0.970 bits per heavy atom. The maximum Gasteiger partial charge on any atom is 0.305 e. The molecule has 0 bridgehead atoms. The number of hydrogen-bond donors (Lipinski definition) is 0. The minimum Gasteiger partial charge on any atom is -0.430 e. The number of carbonyl (C=O) groups excluding carboxylic acids is 1. The van der Waals surface area contributed by atoms with Crippen LogP contribution in [0.4, 0.5) is 0 Å². The standard InChI is InChI=1S/C30H50O3/c1-19(2)9-8-10-20(3)24-13-14-25-23-12-11-22-17-30(32-21(4)31)29(7,33-30)18-28(22,6)26(23)15-16-27(24,25)5/h19-20,22-26H,8-18H2,1-7H3/t20-,22+,23+,24-,25+,26+,27-,28+,29-,30+/m1/s1. The van der Waals surface area contributed by atoms with Gasteiger partial charge in [-0.3, -0.25) is 4.79 Å². The number of rotatable bonds is 6. The fourth-order valence-electron chi connectivity index (χ4n) is 10.4. The van der Waals surface area contributed by atoms with Gasteiger partial charge in [-0.05, 0) is 104 Å². The molecule has 33 heavy (non-hydrogen) atoms. The van der Waals surface area contributed by atoms with Crippen molar-refractivity contribution in [2.24, 2.45) is 52.3 Å². The molecule has 0 aromatic rings. The van der Waals surface area contributed by atoms with E-state index in [0.29, 0.717) is 16.7 Å². The highest BCUT2D eigenvalue weighted by atomic mass is 16.8. The van der Waals surface area contributed by atoms with Gasteiger partial charge < -0.3 is 9.47 Å². The van der Waals surface area contributed by atoms with Crippen molar-refractivity contribution in [3.05, 3.63) is 0 Å². The minimum atomic E-state index is -0.622. The SMILES string of the molecule is CC(=O)O[C@]12C[C@@H]3CC[C@@H]4[C@H](CC[C@]5(C)[C@@H]([C@H](C)CCCC(C)C)CC[C@@H]45)[C@@]3(C)C[C@@]1(C)O2. The summed E-state index contributed by atoms with van der Waals surface area (Å²) in [5.41, 5.74) is 0.619. The van der Waals surface area contributed by atoms with Crippen LogP contribution in [0.1, 0.15) is 119 Å². The van der Waals surface area contributed by atoms with Crippen LogP contribution >= 0.6 is 0 Å². The second-order valence-corrected chi connectivity index (χ2v) is 14.2. The fourth-order valence-corrected chi connectivity index (χ4v) is 10.4.